The quantitative estimate of drug-likeness (QED) is 0.921. The molecule has 6 heteroatoms. The Morgan fingerprint density at radius 1 is 1.12 bits per heavy atom. The summed E-state index contributed by atoms with van der Waals surface area (Å²) in [5, 5.41) is 3.41. The van der Waals surface area contributed by atoms with Crippen molar-refractivity contribution in [3.05, 3.63) is 35.5 Å². The highest BCUT2D eigenvalue weighted by molar-refractivity contribution is 5.47. The fraction of sp³-hybridized carbons (Fsp3) is 0.474. The lowest BCUT2D eigenvalue weighted by Gasteiger charge is -2.30. The number of benzene rings is 1. The van der Waals surface area contributed by atoms with Gasteiger partial charge >= 0.3 is 0 Å². The zero-order valence-electron chi connectivity index (χ0n) is 14.8. The lowest BCUT2D eigenvalue weighted by Crippen LogP contribution is -2.34. The Morgan fingerprint density at radius 3 is 2.76 bits per heavy atom. The van der Waals surface area contributed by atoms with Crippen LogP contribution in [0.2, 0.25) is 0 Å². The second-order valence-electron chi connectivity index (χ2n) is 6.91. The van der Waals surface area contributed by atoms with Crippen LogP contribution in [0.4, 0.5) is 11.8 Å². The van der Waals surface area contributed by atoms with Crippen LogP contribution in [0.15, 0.2) is 24.3 Å². The van der Waals surface area contributed by atoms with E-state index in [1.807, 2.05) is 31.2 Å². The van der Waals surface area contributed by atoms with Gasteiger partial charge in [0.25, 0.3) is 0 Å². The third kappa shape index (κ3) is 3.62. The molecule has 0 radical (unpaired) electrons. The monoisotopic (exact) mass is 340 g/mol. The van der Waals surface area contributed by atoms with Gasteiger partial charge in [0.2, 0.25) is 12.7 Å². The van der Waals surface area contributed by atoms with Gasteiger partial charge in [0.1, 0.15) is 5.82 Å². The molecule has 1 aromatic heterocycles. The maximum atomic E-state index is 5.44. The van der Waals surface area contributed by atoms with Crippen molar-refractivity contribution in [2.45, 2.75) is 33.2 Å². The number of rotatable bonds is 4. The first-order valence-corrected chi connectivity index (χ1v) is 8.90. The first-order valence-electron chi connectivity index (χ1n) is 8.90. The molecule has 0 atom stereocenters. The van der Waals surface area contributed by atoms with Gasteiger partial charge in [-0.3, -0.25) is 0 Å². The third-order valence-corrected chi connectivity index (χ3v) is 4.82. The average Bonchev–Trinajstić information content (AvgIpc) is 3.08. The summed E-state index contributed by atoms with van der Waals surface area (Å²) in [7, 11) is 0. The zero-order valence-corrected chi connectivity index (χ0v) is 14.8. The minimum Gasteiger partial charge on any atom is -0.454 e. The van der Waals surface area contributed by atoms with E-state index in [0.717, 1.165) is 53.5 Å². The molecule has 3 heterocycles. The Hall–Kier alpha value is -2.50. The Kier molecular flexibility index (Phi) is 4.34. The van der Waals surface area contributed by atoms with Crippen molar-refractivity contribution in [3.63, 3.8) is 0 Å². The summed E-state index contributed by atoms with van der Waals surface area (Å²) in [6.45, 7) is 7.38. The van der Waals surface area contributed by atoms with Gasteiger partial charge in [-0.15, -0.1) is 0 Å². The Labute approximate surface area is 148 Å². The van der Waals surface area contributed by atoms with E-state index < -0.39 is 0 Å². The molecule has 1 aromatic carbocycles. The summed E-state index contributed by atoms with van der Waals surface area (Å²) >= 11 is 0. The first kappa shape index (κ1) is 16.0. The van der Waals surface area contributed by atoms with E-state index in [1.54, 1.807) is 0 Å². The van der Waals surface area contributed by atoms with E-state index >= 15 is 0 Å². The predicted molar refractivity (Wildman–Crippen MR) is 97.3 cm³/mol. The number of anilines is 2. The van der Waals surface area contributed by atoms with Gasteiger partial charge in [0.15, 0.2) is 11.5 Å². The molecule has 2 aromatic rings. The summed E-state index contributed by atoms with van der Waals surface area (Å²) in [5.74, 6) is 4.10. The van der Waals surface area contributed by atoms with E-state index in [9.17, 15) is 0 Å². The van der Waals surface area contributed by atoms with E-state index in [0.29, 0.717) is 13.3 Å². The fourth-order valence-electron chi connectivity index (χ4n) is 3.24. The molecule has 0 unspecified atom stereocenters. The zero-order chi connectivity index (χ0) is 17.2. The molecule has 1 fully saturated rings. The number of ether oxygens (including phenoxy) is 2. The van der Waals surface area contributed by atoms with E-state index in [2.05, 4.69) is 22.1 Å². The van der Waals surface area contributed by atoms with E-state index in [1.165, 1.54) is 12.8 Å². The number of aromatic nitrogens is 2. The van der Waals surface area contributed by atoms with Crippen molar-refractivity contribution in [3.8, 4) is 11.5 Å². The molecule has 0 amide bonds. The number of nitrogens with zero attached hydrogens (tertiary/aromatic N) is 3. The Bertz CT molecular complexity index is 757. The number of hydrogen-bond acceptors (Lipinski definition) is 6. The summed E-state index contributed by atoms with van der Waals surface area (Å²) in [5.41, 5.74) is 2.12. The fourth-order valence-corrected chi connectivity index (χ4v) is 3.24. The highest BCUT2D eigenvalue weighted by atomic mass is 16.7. The molecule has 6 nitrogen and oxygen atoms in total. The van der Waals surface area contributed by atoms with Gasteiger partial charge in [-0.05, 0) is 43.4 Å². The molecule has 132 valence electrons. The second-order valence-corrected chi connectivity index (χ2v) is 6.91. The van der Waals surface area contributed by atoms with Gasteiger partial charge in [-0.1, -0.05) is 13.0 Å². The molecule has 0 bridgehead atoms. The van der Waals surface area contributed by atoms with Gasteiger partial charge in [0.05, 0.1) is 0 Å². The molecule has 25 heavy (non-hydrogen) atoms. The van der Waals surface area contributed by atoms with Crippen LogP contribution in [0, 0.1) is 12.8 Å². The summed E-state index contributed by atoms with van der Waals surface area (Å²) < 4.78 is 10.8. The van der Waals surface area contributed by atoms with Gasteiger partial charge < -0.3 is 19.7 Å². The summed E-state index contributed by atoms with van der Waals surface area (Å²) in [6.07, 6.45) is 2.41. The summed E-state index contributed by atoms with van der Waals surface area (Å²) in [4.78, 5) is 11.6. The maximum Gasteiger partial charge on any atom is 0.231 e. The maximum absolute atomic E-state index is 5.44. The van der Waals surface area contributed by atoms with Crippen molar-refractivity contribution in [1.82, 2.24) is 9.97 Å². The van der Waals surface area contributed by atoms with Crippen LogP contribution in [0.25, 0.3) is 0 Å². The minimum atomic E-state index is 0.301. The van der Waals surface area contributed by atoms with Crippen molar-refractivity contribution in [2.75, 3.05) is 30.1 Å². The SMILES string of the molecule is Cc1cc(NCc2ccc3c(c2)OCO3)nc(N2CCC(C)CC2)n1. The highest BCUT2D eigenvalue weighted by Crippen LogP contribution is 2.32. The standard InChI is InChI=1S/C19H24N4O2/c1-13-5-7-23(8-6-13)19-21-14(2)9-18(22-19)20-11-15-3-4-16-17(10-15)25-12-24-16/h3-4,9-10,13H,5-8,11-12H2,1-2H3,(H,20,21,22). The number of hydrogen-bond donors (Lipinski definition) is 1. The molecular formula is C19H24N4O2. The van der Waals surface area contributed by atoms with Gasteiger partial charge in [-0.2, -0.15) is 4.98 Å². The van der Waals surface area contributed by atoms with E-state index in [-0.39, 0.29) is 0 Å². The van der Waals surface area contributed by atoms with Crippen molar-refractivity contribution in [2.24, 2.45) is 5.92 Å². The number of piperidine rings is 1. The molecule has 0 spiro atoms. The number of aryl methyl sites for hydroxylation is 1. The minimum absolute atomic E-state index is 0.301. The van der Waals surface area contributed by atoms with Crippen molar-refractivity contribution < 1.29 is 9.47 Å². The molecule has 4 rings (SSSR count). The van der Waals surface area contributed by atoms with Crippen LogP contribution in [-0.2, 0) is 6.54 Å². The first-order chi connectivity index (χ1) is 12.2. The topological polar surface area (TPSA) is 59.5 Å². The lowest BCUT2D eigenvalue weighted by molar-refractivity contribution is 0.174. The van der Waals surface area contributed by atoms with Crippen molar-refractivity contribution >= 4 is 11.8 Å². The molecule has 0 aliphatic carbocycles. The Morgan fingerprint density at radius 2 is 1.92 bits per heavy atom. The van der Waals surface area contributed by atoms with Crippen LogP contribution in [0.1, 0.15) is 31.0 Å². The van der Waals surface area contributed by atoms with Crippen LogP contribution in [0.3, 0.4) is 0 Å². The van der Waals surface area contributed by atoms with Crippen LogP contribution < -0.4 is 19.7 Å². The van der Waals surface area contributed by atoms with E-state index in [4.69, 9.17) is 14.5 Å². The molecule has 2 aliphatic rings. The molecule has 0 saturated carbocycles. The highest BCUT2D eigenvalue weighted by Gasteiger charge is 2.19. The molecule has 2 aliphatic heterocycles. The number of fused-ring (bicyclic) bond motifs is 1. The van der Waals surface area contributed by atoms with Crippen LogP contribution >= 0.6 is 0 Å². The van der Waals surface area contributed by atoms with Crippen LogP contribution in [0.5, 0.6) is 11.5 Å². The van der Waals surface area contributed by atoms with Crippen LogP contribution in [-0.4, -0.2) is 29.9 Å². The molecule has 1 saturated heterocycles. The largest absolute Gasteiger partial charge is 0.454 e. The average molecular weight is 340 g/mol. The second kappa shape index (κ2) is 6.78. The third-order valence-electron chi connectivity index (χ3n) is 4.82. The Balaban J connectivity index is 1.45. The summed E-state index contributed by atoms with van der Waals surface area (Å²) in [6, 6.07) is 7.99. The smallest absolute Gasteiger partial charge is 0.231 e. The van der Waals surface area contributed by atoms with Crippen molar-refractivity contribution in [1.29, 1.82) is 0 Å². The van der Waals surface area contributed by atoms with Gasteiger partial charge in [0, 0.05) is 31.4 Å². The number of nitrogens with one attached hydrogen (secondary N) is 1. The predicted octanol–water partition coefficient (Wildman–Crippen LogP) is 3.36. The lowest BCUT2D eigenvalue weighted by atomic mass is 10.00. The molecule has 1 N–H and O–H groups in total. The van der Waals surface area contributed by atoms with Gasteiger partial charge in [-0.25, -0.2) is 4.98 Å². The normalized spacial score (nSPS) is 17.0. The molecular weight excluding hydrogens is 316 g/mol.